The summed E-state index contributed by atoms with van der Waals surface area (Å²) < 4.78 is 0.566. The molecule has 1 heterocycles. The molecule has 0 aromatic heterocycles. The van der Waals surface area contributed by atoms with E-state index < -0.39 is 11.8 Å². The van der Waals surface area contributed by atoms with E-state index in [4.69, 9.17) is 0 Å². The molecule has 0 unspecified atom stereocenters. The van der Waals surface area contributed by atoms with Gasteiger partial charge in [-0.25, -0.2) is 0 Å². The minimum absolute atomic E-state index is 0.180. The molecule has 0 bridgehead atoms. The van der Waals surface area contributed by atoms with Gasteiger partial charge in [-0.1, -0.05) is 42.5 Å². The second kappa shape index (κ2) is 5.82. The Kier molecular flexibility index (Phi) is 3.62. The molecule has 0 fully saturated rings. The van der Waals surface area contributed by atoms with Crippen molar-refractivity contribution in [3.8, 4) is 0 Å². The van der Waals surface area contributed by atoms with Crippen LogP contribution in [0.3, 0.4) is 0 Å². The summed E-state index contributed by atoms with van der Waals surface area (Å²) in [7, 11) is 0. The second-order valence-corrected chi connectivity index (χ2v) is 6.38. The number of imide groups is 1. The van der Waals surface area contributed by atoms with Gasteiger partial charge in [-0.3, -0.25) is 19.7 Å². The maximum atomic E-state index is 12.5. The SMILES string of the molecule is O=C(Nc1c2c(c3ccccc3c1Br)C(=O)NC2=O)c1ccccc1. The molecule has 4 rings (SSSR count). The summed E-state index contributed by atoms with van der Waals surface area (Å²) >= 11 is 3.48. The van der Waals surface area contributed by atoms with Crippen LogP contribution in [0.2, 0.25) is 0 Å². The van der Waals surface area contributed by atoms with Crippen LogP contribution in [0.15, 0.2) is 59.1 Å². The van der Waals surface area contributed by atoms with E-state index in [9.17, 15) is 14.4 Å². The van der Waals surface area contributed by atoms with E-state index in [0.717, 1.165) is 5.39 Å². The zero-order valence-corrected chi connectivity index (χ0v) is 14.4. The van der Waals surface area contributed by atoms with Gasteiger partial charge in [0.05, 0.1) is 16.8 Å². The van der Waals surface area contributed by atoms with Gasteiger partial charge in [-0.15, -0.1) is 0 Å². The molecular weight excluding hydrogens is 384 g/mol. The number of hydrogen-bond donors (Lipinski definition) is 2. The maximum absolute atomic E-state index is 12.5. The van der Waals surface area contributed by atoms with Gasteiger partial charge in [0.25, 0.3) is 17.7 Å². The molecule has 0 radical (unpaired) electrons. The first-order chi connectivity index (χ1) is 12.1. The van der Waals surface area contributed by atoms with Gasteiger partial charge in [-0.05, 0) is 38.8 Å². The third-order valence-electron chi connectivity index (χ3n) is 4.11. The van der Waals surface area contributed by atoms with Crippen LogP contribution >= 0.6 is 15.9 Å². The number of amides is 3. The van der Waals surface area contributed by atoms with E-state index in [2.05, 4.69) is 26.6 Å². The predicted octanol–water partition coefficient (Wildman–Crippen LogP) is 3.74. The first kappa shape index (κ1) is 15.5. The number of carbonyl (C=O) groups is 3. The zero-order chi connectivity index (χ0) is 17.6. The molecule has 2 N–H and O–H groups in total. The minimum Gasteiger partial charge on any atom is -0.320 e. The van der Waals surface area contributed by atoms with E-state index in [1.807, 2.05) is 18.2 Å². The van der Waals surface area contributed by atoms with Crippen molar-refractivity contribution < 1.29 is 14.4 Å². The average Bonchev–Trinajstić information content (AvgIpc) is 2.93. The lowest BCUT2D eigenvalue weighted by Crippen LogP contribution is -2.21. The number of fused-ring (bicyclic) bond motifs is 3. The second-order valence-electron chi connectivity index (χ2n) is 5.59. The Bertz CT molecular complexity index is 1060. The van der Waals surface area contributed by atoms with Gasteiger partial charge >= 0.3 is 0 Å². The molecule has 3 amide bonds. The van der Waals surface area contributed by atoms with Crippen LogP contribution in [0.4, 0.5) is 5.69 Å². The molecule has 0 atom stereocenters. The van der Waals surface area contributed by atoms with Crippen LogP contribution in [0.25, 0.3) is 10.8 Å². The number of anilines is 1. The standard InChI is InChI=1S/C19H11BrN2O3/c20-15-12-9-5-4-8-11(12)13-14(19(25)22-18(13)24)16(15)21-17(23)10-6-2-1-3-7-10/h1-9H,(H,21,23)(H,22,24,25). The van der Waals surface area contributed by atoms with Crippen LogP contribution < -0.4 is 10.6 Å². The molecule has 0 aliphatic carbocycles. The maximum Gasteiger partial charge on any atom is 0.261 e. The Balaban J connectivity index is 1.94. The third-order valence-corrected chi connectivity index (χ3v) is 4.93. The van der Waals surface area contributed by atoms with E-state index in [0.29, 0.717) is 21.1 Å². The summed E-state index contributed by atoms with van der Waals surface area (Å²) in [6.45, 7) is 0. The lowest BCUT2D eigenvalue weighted by atomic mass is 9.98. The van der Waals surface area contributed by atoms with Crippen molar-refractivity contribution in [2.24, 2.45) is 0 Å². The molecule has 1 aliphatic heterocycles. The van der Waals surface area contributed by atoms with Gasteiger partial charge in [0.1, 0.15) is 0 Å². The molecule has 5 nitrogen and oxygen atoms in total. The first-order valence-corrected chi connectivity index (χ1v) is 8.33. The molecule has 3 aromatic carbocycles. The highest BCUT2D eigenvalue weighted by Crippen LogP contribution is 2.40. The molecular formula is C19H11BrN2O3. The lowest BCUT2D eigenvalue weighted by molar-refractivity contribution is 0.0880. The molecule has 0 saturated carbocycles. The number of nitrogens with one attached hydrogen (secondary N) is 2. The van der Waals surface area contributed by atoms with Crippen molar-refractivity contribution in [1.82, 2.24) is 5.32 Å². The summed E-state index contributed by atoms with van der Waals surface area (Å²) in [5.74, 6) is -1.33. The van der Waals surface area contributed by atoms with Crippen LogP contribution in [-0.2, 0) is 0 Å². The van der Waals surface area contributed by atoms with Crippen molar-refractivity contribution in [2.75, 3.05) is 5.32 Å². The molecule has 1 aliphatic rings. The topological polar surface area (TPSA) is 75.3 Å². The van der Waals surface area contributed by atoms with Crippen LogP contribution in [0.5, 0.6) is 0 Å². The quantitative estimate of drug-likeness (QED) is 0.650. The van der Waals surface area contributed by atoms with Gasteiger partial charge < -0.3 is 5.32 Å². The number of carbonyl (C=O) groups excluding carboxylic acids is 3. The monoisotopic (exact) mass is 394 g/mol. The molecule has 25 heavy (non-hydrogen) atoms. The van der Waals surface area contributed by atoms with Crippen molar-refractivity contribution in [3.63, 3.8) is 0 Å². The van der Waals surface area contributed by atoms with E-state index >= 15 is 0 Å². The Labute approximate surface area is 151 Å². The Morgan fingerprint density at radius 1 is 0.840 bits per heavy atom. The van der Waals surface area contributed by atoms with Crippen molar-refractivity contribution in [2.45, 2.75) is 0 Å². The van der Waals surface area contributed by atoms with Gasteiger partial charge in [0.15, 0.2) is 0 Å². The van der Waals surface area contributed by atoms with Gasteiger partial charge in [-0.2, -0.15) is 0 Å². The zero-order valence-electron chi connectivity index (χ0n) is 12.8. The van der Waals surface area contributed by atoms with Crippen LogP contribution in [0.1, 0.15) is 31.1 Å². The number of rotatable bonds is 2. The highest BCUT2D eigenvalue weighted by atomic mass is 79.9. The highest BCUT2D eigenvalue weighted by Gasteiger charge is 2.34. The van der Waals surface area contributed by atoms with Crippen molar-refractivity contribution in [1.29, 1.82) is 0 Å². The van der Waals surface area contributed by atoms with E-state index in [1.54, 1.807) is 36.4 Å². The van der Waals surface area contributed by atoms with E-state index in [-0.39, 0.29) is 17.0 Å². The van der Waals surface area contributed by atoms with E-state index in [1.165, 1.54) is 0 Å². The summed E-state index contributed by atoms with van der Waals surface area (Å²) in [6, 6.07) is 15.9. The largest absolute Gasteiger partial charge is 0.320 e. The van der Waals surface area contributed by atoms with Gasteiger partial charge in [0.2, 0.25) is 0 Å². The first-order valence-electron chi connectivity index (χ1n) is 7.54. The number of hydrogen-bond acceptors (Lipinski definition) is 3. The molecule has 3 aromatic rings. The molecule has 6 heteroatoms. The summed E-state index contributed by atoms with van der Waals surface area (Å²) in [6.07, 6.45) is 0. The fourth-order valence-corrected chi connectivity index (χ4v) is 3.62. The molecule has 0 spiro atoms. The van der Waals surface area contributed by atoms with Crippen molar-refractivity contribution >= 4 is 50.1 Å². The number of benzene rings is 3. The molecule has 0 saturated heterocycles. The summed E-state index contributed by atoms with van der Waals surface area (Å²) in [5.41, 5.74) is 1.22. The summed E-state index contributed by atoms with van der Waals surface area (Å²) in [5, 5.41) is 6.48. The average molecular weight is 395 g/mol. The fraction of sp³-hybridized carbons (Fsp3) is 0. The Morgan fingerprint density at radius 3 is 2.16 bits per heavy atom. The van der Waals surface area contributed by atoms with Crippen LogP contribution in [-0.4, -0.2) is 17.7 Å². The Hall–Kier alpha value is -2.99. The molecule has 122 valence electrons. The Morgan fingerprint density at radius 2 is 1.44 bits per heavy atom. The third kappa shape index (κ3) is 2.42. The smallest absolute Gasteiger partial charge is 0.261 e. The van der Waals surface area contributed by atoms with Crippen molar-refractivity contribution in [3.05, 3.63) is 75.8 Å². The minimum atomic E-state index is -0.519. The highest BCUT2D eigenvalue weighted by molar-refractivity contribution is 9.10. The predicted molar refractivity (Wildman–Crippen MR) is 97.8 cm³/mol. The normalized spacial score (nSPS) is 12.8. The lowest BCUT2D eigenvalue weighted by Gasteiger charge is -2.14. The van der Waals surface area contributed by atoms with Gasteiger partial charge in [0, 0.05) is 10.0 Å². The number of halogens is 1. The fourth-order valence-electron chi connectivity index (χ4n) is 2.98. The van der Waals surface area contributed by atoms with Crippen LogP contribution in [0, 0.1) is 0 Å². The summed E-state index contributed by atoms with van der Waals surface area (Å²) in [4.78, 5) is 37.1.